The molecule has 1 aromatic rings. The first-order valence-corrected chi connectivity index (χ1v) is 5.69. The van der Waals surface area contributed by atoms with Crippen LogP contribution in [-0.2, 0) is 9.53 Å². The zero-order valence-electron chi connectivity index (χ0n) is 9.22. The van der Waals surface area contributed by atoms with E-state index in [1.165, 1.54) is 0 Å². The summed E-state index contributed by atoms with van der Waals surface area (Å²) >= 11 is 11.9. The number of benzene rings is 1. The standard InChI is InChI=1S/C12H11Cl2NO2/c1-2-17-12(16)5-3-4-9-10(13)6-8(15)7-11(9)14/h6-7H,2,5,15H2,1H3. The number of ether oxygens (including phenoxy) is 1. The van der Waals surface area contributed by atoms with Gasteiger partial charge in [-0.1, -0.05) is 35.0 Å². The minimum absolute atomic E-state index is 0.00484. The van der Waals surface area contributed by atoms with Gasteiger partial charge in [0.05, 0.1) is 22.2 Å². The molecule has 3 nitrogen and oxygen atoms in total. The van der Waals surface area contributed by atoms with Crippen LogP contribution in [0, 0.1) is 11.8 Å². The molecule has 0 aliphatic heterocycles. The molecule has 1 aromatic carbocycles. The third-order valence-corrected chi connectivity index (χ3v) is 2.41. The van der Waals surface area contributed by atoms with Crippen molar-refractivity contribution >= 4 is 34.9 Å². The quantitative estimate of drug-likeness (QED) is 0.511. The molecule has 0 aromatic heterocycles. The second-order valence-electron chi connectivity index (χ2n) is 3.14. The Kier molecular flexibility index (Phi) is 5.14. The normalized spacial score (nSPS) is 9.35. The molecule has 0 heterocycles. The lowest BCUT2D eigenvalue weighted by Crippen LogP contribution is -2.01. The van der Waals surface area contributed by atoms with Crippen molar-refractivity contribution < 1.29 is 9.53 Å². The zero-order valence-corrected chi connectivity index (χ0v) is 10.7. The lowest BCUT2D eigenvalue weighted by atomic mass is 10.2. The molecular weight excluding hydrogens is 261 g/mol. The molecule has 0 amide bonds. The van der Waals surface area contributed by atoms with E-state index in [4.69, 9.17) is 33.7 Å². The Bertz CT molecular complexity index is 466. The van der Waals surface area contributed by atoms with Gasteiger partial charge in [-0.3, -0.25) is 4.79 Å². The monoisotopic (exact) mass is 271 g/mol. The van der Waals surface area contributed by atoms with E-state index in [9.17, 15) is 4.79 Å². The molecule has 1 rings (SSSR count). The molecule has 0 unspecified atom stereocenters. The Morgan fingerprint density at radius 2 is 2.00 bits per heavy atom. The lowest BCUT2D eigenvalue weighted by Gasteiger charge is -2.01. The first-order chi connectivity index (χ1) is 8.04. The maximum absolute atomic E-state index is 11.0. The Morgan fingerprint density at radius 3 is 2.53 bits per heavy atom. The van der Waals surface area contributed by atoms with Gasteiger partial charge in [-0.05, 0) is 19.1 Å². The average Bonchev–Trinajstić information content (AvgIpc) is 2.22. The van der Waals surface area contributed by atoms with Crippen molar-refractivity contribution in [1.29, 1.82) is 0 Å². The topological polar surface area (TPSA) is 52.3 Å². The highest BCUT2D eigenvalue weighted by atomic mass is 35.5. The Hall–Kier alpha value is -1.37. The predicted molar refractivity (Wildman–Crippen MR) is 69.0 cm³/mol. The molecule has 0 aliphatic carbocycles. The predicted octanol–water partition coefficient (Wildman–Crippen LogP) is 2.88. The van der Waals surface area contributed by atoms with Gasteiger partial charge in [0, 0.05) is 5.69 Å². The molecular formula is C12H11Cl2NO2. The largest absolute Gasteiger partial charge is 0.465 e. The lowest BCUT2D eigenvalue weighted by molar-refractivity contribution is -0.141. The Morgan fingerprint density at radius 1 is 1.41 bits per heavy atom. The Balaban J connectivity index is 2.82. The van der Waals surface area contributed by atoms with E-state index in [1.807, 2.05) is 0 Å². The third kappa shape index (κ3) is 4.18. The van der Waals surface area contributed by atoms with Crippen LogP contribution in [0.4, 0.5) is 5.69 Å². The van der Waals surface area contributed by atoms with Gasteiger partial charge in [-0.25, -0.2) is 0 Å². The third-order valence-electron chi connectivity index (χ3n) is 1.82. The number of hydrogen-bond acceptors (Lipinski definition) is 3. The van der Waals surface area contributed by atoms with Crippen molar-refractivity contribution in [3.8, 4) is 11.8 Å². The van der Waals surface area contributed by atoms with E-state index in [2.05, 4.69) is 11.8 Å². The van der Waals surface area contributed by atoms with Gasteiger partial charge in [0.1, 0.15) is 6.42 Å². The van der Waals surface area contributed by atoms with E-state index in [0.717, 1.165) is 0 Å². The smallest absolute Gasteiger partial charge is 0.317 e. The molecule has 0 saturated carbocycles. The number of carbonyl (C=O) groups is 1. The van der Waals surface area contributed by atoms with Crippen LogP contribution in [0.1, 0.15) is 18.9 Å². The van der Waals surface area contributed by atoms with Crippen LogP contribution in [0.3, 0.4) is 0 Å². The van der Waals surface area contributed by atoms with E-state index >= 15 is 0 Å². The summed E-state index contributed by atoms with van der Waals surface area (Å²) in [6.45, 7) is 2.07. The fourth-order valence-electron chi connectivity index (χ4n) is 1.13. The summed E-state index contributed by atoms with van der Waals surface area (Å²) in [5, 5.41) is 0.734. The van der Waals surface area contributed by atoms with Gasteiger partial charge >= 0.3 is 5.97 Å². The Labute approximate surface area is 110 Å². The van der Waals surface area contributed by atoms with Gasteiger partial charge in [0.15, 0.2) is 0 Å². The molecule has 17 heavy (non-hydrogen) atoms. The number of rotatable bonds is 2. The second-order valence-corrected chi connectivity index (χ2v) is 3.96. The van der Waals surface area contributed by atoms with Crippen molar-refractivity contribution in [2.75, 3.05) is 12.3 Å². The average molecular weight is 272 g/mol. The highest BCUT2D eigenvalue weighted by molar-refractivity contribution is 6.37. The first-order valence-electron chi connectivity index (χ1n) is 4.93. The molecule has 0 spiro atoms. The summed E-state index contributed by atoms with van der Waals surface area (Å²) in [5.74, 6) is 5.01. The fraction of sp³-hybridized carbons (Fsp3) is 0.250. The number of nitrogens with two attached hydrogens (primary N) is 1. The van der Waals surface area contributed by atoms with E-state index in [1.54, 1.807) is 19.1 Å². The zero-order chi connectivity index (χ0) is 12.8. The van der Waals surface area contributed by atoms with Crippen LogP contribution < -0.4 is 5.73 Å². The van der Waals surface area contributed by atoms with Gasteiger partial charge in [-0.2, -0.15) is 0 Å². The molecule has 0 saturated heterocycles. The number of halogens is 2. The van der Waals surface area contributed by atoms with Gasteiger partial charge in [0.2, 0.25) is 0 Å². The molecule has 2 N–H and O–H groups in total. The number of hydrogen-bond donors (Lipinski definition) is 1. The van der Waals surface area contributed by atoms with Crippen molar-refractivity contribution in [2.24, 2.45) is 0 Å². The number of anilines is 1. The molecule has 0 fully saturated rings. The number of nitrogen functional groups attached to an aromatic ring is 1. The van der Waals surface area contributed by atoms with Crippen molar-refractivity contribution in [1.82, 2.24) is 0 Å². The summed E-state index contributed by atoms with van der Waals surface area (Å²) in [4.78, 5) is 11.0. The SMILES string of the molecule is CCOC(=O)CC#Cc1c(Cl)cc(N)cc1Cl. The summed E-state index contributed by atoms with van der Waals surface area (Å²) in [6.07, 6.45) is 0.00484. The summed E-state index contributed by atoms with van der Waals surface area (Å²) < 4.78 is 4.73. The maximum atomic E-state index is 11.0. The van der Waals surface area contributed by atoms with Crippen molar-refractivity contribution in [3.63, 3.8) is 0 Å². The molecule has 0 aliphatic rings. The minimum atomic E-state index is -0.373. The molecule has 90 valence electrons. The number of carbonyl (C=O) groups excluding carboxylic acids is 1. The summed E-state index contributed by atoms with van der Waals surface area (Å²) in [6, 6.07) is 3.11. The van der Waals surface area contributed by atoms with Crippen LogP contribution in [-0.4, -0.2) is 12.6 Å². The van der Waals surface area contributed by atoms with E-state index in [0.29, 0.717) is 27.9 Å². The maximum Gasteiger partial charge on any atom is 0.317 e. The van der Waals surface area contributed by atoms with E-state index < -0.39 is 0 Å². The van der Waals surface area contributed by atoms with Crippen LogP contribution in [0.15, 0.2) is 12.1 Å². The van der Waals surface area contributed by atoms with Gasteiger partial charge in [0.25, 0.3) is 0 Å². The first kappa shape index (κ1) is 13.7. The van der Waals surface area contributed by atoms with Crippen LogP contribution in [0.5, 0.6) is 0 Å². The van der Waals surface area contributed by atoms with Crippen molar-refractivity contribution in [2.45, 2.75) is 13.3 Å². The van der Waals surface area contributed by atoms with Crippen LogP contribution in [0.25, 0.3) is 0 Å². The van der Waals surface area contributed by atoms with Crippen molar-refractivity contribution in [3.05, 3.63) is 27.7 Å². The highest BCUT2D eigenvalue weighted by Gasteiger charge is 2.04. The molecule has 0 atom stereocenters. The highest BCUT2D eigenvalue weighted by Crippen LogP contribution is 2.26. The second kappa shape index (κ2) is 6.39. The molecule has 5 heteroatoms. The fourth-order valence-corrected chi connectivity index (χ4v) is 1.73. The number of esters is 1. The van der Waals surface area contributed by atoms with Crippen LogP contribution >= 0.6 is 23.2 Å². The summed E-state index contributed by atoms with van der Waals surface area (Å²) in [5.41, 5.74) is 6.49. The summed E-state index contributed by atoms with van der Waals surface area (Å²) in [7, 11) is 0. The van der Waals surface area contributed by atoms with E-state index in [-0.39, 0.29) is 12.4 Å². The van der Waals surface area contributed by atoms with Crippen LogP contribution in [0.2, 0.25) is 10.0 Å². The molecule has 0 radical (unpaired) electrons. The molecule has 0 bridgehead atoms. The minimum Gasteiger partial charge on any atom is -0.465 e. The van der Waals surface area contributed by atoms with Gasteiger partial charge in [-0.15, -0.1) is 0 Å². The van der Waals surface area contributed by atoms with Gasteiger partial charge < -0.3 is 10.5 Å².